The highest BCUT2D eigenvalue weighted by atomic mass is 16.5. The Bertz CT molecular complexity index is 1000. The normalized spacial score (nSPS) is 21.9. The molecule has 3 heteroatoms. The molecule has 35 heavy (non-hydrogen) atoms. The third-order valence-electron chi connectivity index (χ3n) is 8.16. The molecule has 3 aromatic carbocycles. The van der Waals surface area contributed by atoms with E-state index in [2.05, 4.69) is 86.6 Å². The van der Waals surface area contributed by atoms with E-state index in [1.165, 1.54) is 6.42 Å². The van der Waals surface area contributed by atoms with E-state index in [0.717, 1.165) is 42.4 Å². The molecule has 0 heterocycles. The quantitative estimate of drug-likeness (QED) is 0.260. The van der Waals surface area contributed by atoms with Gasteiger partial charge in [0, 0.05) is 5.92 Å². The Morgan fingerprint density at radius 1 is 0.771 bits per heavy atom. The predicted molar refractivity (Wildman–Crippen MR) is 139 cm³/mol. The van der Waals surface area contributed by atoms with Crippen LogP contribution in [-0.4, -0.2) is 18.7 Å². The lowest BCUT2D eigenvalue weighted by Crippen LogP contribution is -2.34. The van der Waals surface area contributed by atoms with Crippen LogP contribution in [0.15, 0.2) is 91.0 Å². The Morgan fingerprint density at radius 3 is 1.69 bits per heavy atom. The first-order chi connectivity index (χ1) is 17.0. The van der Waals surface area contributed by atoms with Gasteiger partial charge in [-0.05, 0) is 47.8 Å². The number of rotatable bonds is 8. The predicted octanol–water partition coefficient (Wildman–Crippen LogP) is 7.14. The van der Waals surface area contributed by atoms with E-state index >= 15 is 0 Å². The van der Waals surface area contributed by atoms with Gasteiger partial charge in [0.05, 0.1) is 12.5 Å². The SMILES string of the molecule is CC1(C)C(COC(c2ccccc2)(c2ccccc2)c2ccccc2)C1C(=O)OC1CCCCC1. The molecule has 2 fully saturated rings. The second-order valence-corrected chi connectivity index (χ2v) is 10.7. The maximum atomic E-state index is 13.2. The summed E-state index contributed by atoms with van der Waals surface area (Å²) in [5, 5.41) is 0. The van der Waals surface area contributed by atoms with Crippen LogP contribution >= 0.6 is 0 Å². The van der Waals surface area contributed by atoms with Crippen molar-refractivity contribution in [2.75, 3.05) is 6.61 Å². The van der Waals surface area contributed by atoms with Gasteiger partial charge in [0.15, 0.2) is 0 Å². The third-order valence-corrected chi connectivity index (χ3v) is 8.16. The first-order valence-electron chi connectivity index (χ1n) is 13.0. The number of hydrogen-bond donors (Lipinski definition) is 0. The summed E-state index contributed by atoms with van der Waals surface area (Å²) in [5.41, 5.74) is 2.34. The molecule has 0 bridgehead atoms. The van der Waals surface area contributed by atoms with E-state index in [9.17, 15) is 4.79 Å². The highest BCUT2D eigenvalue weighted by Crippen LogP contribution is 2.60. The molecule has 0 aromatic heterocycles. The van der Waals surface area contributed by atoms with Gasteiger partial charge >= 0.3 is 5.97 Å². The molecule has 2 saturated carbocycles. The fraction of sp³-hybridized carbons (Fsp3) is 0.406. The number of benzene rings is 3. The number of carbonyl (C=O) groups excluding carboxylic acids is 1. The Hall–Kier alpha value is -2.91. The van der Waals surface area contributed by atoms with Crippen LogP contribution in [0.5, 0.6) is 0 Å². The van der Waals surface area contributed by atoms with E-state index in [4.69, 9.17) is 9.47 Å². The molecular formula is C32H36O3. The molecule has 0 aliphatic heterocycles. The third kappa shape index (κ3) is 4.67. The summed E-state index contributed by atoms with van der Waals surface area (Å²) in [6.45, 7) is 4.82. The highest BCUT2D eigenvalue weighted by molar-refractivity contribution is 5.77. The molecule has 2 aliphatic rings. The molecule has 0 spiro atoms. The summed E-state index contributed by atoms with van der Waals surface area (Å²) < 4.78 is 13.0. The molecular weight excluding hydrogens is 432 g/mol. The first kappa shape index (κ1) is 23.8. The summed E-state index contributed by atoms with van der Waals surface area (Å²) in [6.07, 6.45) is 5.66. The van der Waals surface area contributed by atoms with Crippen LogP contribution in [0.3, 0.4) is 0 Å². The zero-order valence-electron chi connectivity index (χ0n) is 20.9. The molecule has 2 aliphatic carbocycles. The molecule has 5 rings (SSSR count). The van der Waals surface area contributed by atoms with Gasteiger partial charge in [-0.1, -0.05) is 111 Å². The van der Waals surface area contributed by atoms with E-state index in [1.54, 1.807) is 0 Å². The Balaban J connectivity index is 1.44. The van der Waals surface area contributed by atoms with Crippen LogP contribution in [-0.2, 0) is 19.9 Å². The van der Waals surface area contributed by atoms with Crippen LogP contribution in [0.2, 0.25) is 0 Å². The standard InChI is InChI=1S/C32H36O3/c1-31(2)28(29(31)30(33)35-27-21-13-6-14-22-27)23-34-32(24-15-7-3-8-16-24,25-17-9-4-10-18-25)26-19-11-5-12-20-26/h3-5,7-12,15-20,27-29H,6,13-14,21-23H2,1-2H3. The van der Waals surface area contributed by atoms with Gasteiger partial charge in [-0.2, -0.15) is 0 Å². The molecule has 182 valence electrons. The molecule has 2 atom stereocenters. The fourth-order valence-electron chi connectivity index (χ4n) is 5.93. The molecule has 0 radical (unpaired) electrons. The van der Waals surface area contributed by atoms with Gasteiger partial charge in [0.1, 0.15) is 11.7 Å². The second-order valence-electron chi connectivity index (χ2n) is 10.7. The van der Waals surface area contributed by atoms with Gasteiger partial charge < -0.3 is 9.47 Å². The lowest BCUT2D eigenvalue weighted by atomic mass is 9.80. The van der Waals surface area contributed by atoms with Crippen molar-refractivity contribution >= 4 is 5.97 Å². The summed E-state index contributed by atoms with van der Waals surface area (Å²) in [4.78, 5) is 13.2. The minimum Gasteiger partial charge on any atom is -0.462 e. The smallest absolute Gasteiger partial charge is 0.310 e. The fourth-order valence-corrected chi connectivity index (χ4v) is 5.93. The topological polar surface area (TPSA) is 35.5 Å². The van der Waals surface area contributed by atoms with Crippen LogP contribution in [0, 0.1) is 17.3 Å². The summed E-state index contributed by atoms with van der Waals surface area (Å²) in [5.74, 6) is -0.0428. The van der Waals surface area contributed by atoms with E-state index in [1.807, 2.05) is 18.2 Å². The van der Waals surface area contributed by atoms with Crippen molar-refractivity contribution in [2.45, 2.75) is 57.7 Å². The zero-order chi connectivity index (χ0) is 24.3. The number of ether oxygens (including phenoxy) is 2. The van der Waals surface area contributed by atoms with Crippen LogP contribution in [0.4, 0.5) is 0 Å². The van der Waals surface area contributed by atoms with Crippen molar-refractivity contribution in [3.63, 3.8) is 0 Å². The second kappa shape index (κ2) is 9.99. The molecule has 3 nitrogen and oxygen atoms in total. The number of esters is 1. The molecule has 2 unspecified atom stereocenters. The monoisotopic (exact) mass is 468 g/mol. The lowest BCUT2D eigenvalue weighted by Gasteiger charge is -2.36. The molecule has 0 amide bonds. The minimum absolute atomic E-state index is 0.0415. The van der Waals surface area contributed by atoms with Crippen LogP contribution in [0.1, 0.15) is 62.6 Å². The molecule has 0 saturated heterocycles. The minimum atomic E-state index is -0.764. The van der Waals surface area contributed by atoms with Gasteiger partial charge in [-0.15, -0.1) is 0 Å². The van der Waals surface area contributed by atoms with Crippen LogP contribution in [0.25, 0.3) is 0 Å². The summed E-state index contributed by atoms with van der Waals surface area (Å²) >= 11 is 0. The average Bonchev–Trinajstić information content (AvgIpc) is 3.47. The number of hydrogen-bond acceptors (Lipinski definition) is 3. The van der Waals surface area contributed by atoms with E-state index < -0.39 is 5.60 Å². The maximum Gasteiger partial charge on any atom is 0.310 e. The first-order valence-corrected chi connectivity index (χ1v) is 13.0. The summed E-state index contributed by atoms with van der Waals surface area (Å²) in [7, 11) is 0. The van der Waals surface area contributed by atoms with Gasteiger partial charge in [-0.25, -0.2) is 0 Å². The van der Waals surface area contributed by atoms with Gasteiger partial charge in [-0.3, -0.25) is 4.79 Å². The molecule has 0 N–H and O–H groups in total. The average molecular weight is 469 g/mol. The summed E-state index contributed by atoms with van der Waals surface area (Å²) in [6, 6.07) is 31.3. The van der Waals surface area contributed by atoms with Crippen molar-refractivity contribution in [3.05, 3.63) is 108 Å². The van der Waals surface area contributed by atoms with Crippen molar-refractivity contribution in [1.82, 2.24) is 0 Å². The molecule has 3 aromatic rings. The zero-order valence-corrected chi connectivity index (χ0v) is 20.9. The van der Waals surface area contributed by atoms with Gasteiger partial charge in [0.25, 0.3) is 0 Å². The Labute approximate surface area is 209 Å². The van der Waals surface area contributed by atoms with E-state index in [-0.39, 0.29) is 29.3 Å². The van der Waals surface area contributed by atoms with Crippen molar-refractivity contribution in [2.24, 2.45) is 17.3 Å². The van der Waals surface area contributed by atoms with Crippen molar-refractivity contribution in [1.29, 1.82) is 0 Å². The Kier molecular flexibility index (Phi) is 6.80. The van der Waals surface area contributed by atoms with E-state index in [0.29, 0.717) is 6.61 Å². The lowest BCUT2D eigenvalue weighted by molar-refractivity contribution is -0.153. The maximum absolute atomic E-state index is 13.2. The van der Waals surface area contributed by atoms with Crippen molar-refractivity contribution < 1.29 is 14.3 Å². The van der Waals surface area contributed by atoms with Crippen LogP contribution < -0.4 is 0 Å². The van der Waals surface area contributed by atoms with Crippen molar-refractivity contribution in [3.8, 4) is 0 Å². The van der Waals surface area contributed by atoms with Gasteiger partial charge in [0.2, 0.25) is 0 Å². The number of carbonyl (C=O) groups is 1. The Morgan fingerprint density at radius 2 is 1.23 bits per heavy atom. The largest absolute Gasteiger partial charge is 0.462 e. The highest BCUT2D eigenvalue weighted by Gasteiger charge is 2.63.